The number of benzene rings is 1. The van der Waals surface area contributed by atoms with Gasteiger partial charge in [-0.15, -0.1) is 6.42 Å². The molecule has 1 aromatic carbocycles. The number of terminal acetylenes is 1. The van der Waals surface area contributed by atoms with Crippen molar-refractivity contribution in [3.05, 3.63) is 35.9 Å². The maximum atomic E-state index is 5.35. The first-order valence-electron chi connectivity index (χ1n) is 5.61. The van der Waals surface area contributed by atoms with E-state index < -0.39 is 0 Å². The molecule has 0 bridgehead atoms. The minimum Gasteiger partial charge on any atom is -0.292 e. The Hall–Kier alpha value is -1.26. The van der Waals surface area contributed by atoms with E-state index in [9.17, 15) is 0 Å². The first-order chi connectivity index (χ1) is 7.40. The van der Waals surface area contributed by atoms with Gasteiger partial charge in [-0.05, 0) is 30.9 Å². The molecule has 0 radical (unpaired) electrons. The third-order valence-electron chi connectivity index (χ3n) is 3.09. The summed E-state index contributed by atoms with van der Waals surface area (Å²) in [5, 5.41) is 0. The molecule has 1 saturated heterocycles. The zero-order chi connectivity index (χ0) is 10.5. The van der Waals surface area contributed by atoms with Gasteiger partial charge in [-0.25, -0.2) is 0 Å². The molecular weight excluding hydrogens is 182 g/mol. The van der Waals surface area contributed by atoms with Gasteiger partial charge in [-0.3, -0.25) is 4.90 Å². The normalized spacial score (nSPS) is 22.2. The molecule has 0 spiro atoms. The minimum absolute atomic E-state index is 0.674. The Balaban J connectivity index is 2.02. The van der Waals surface area contributed by atoms with E-state index in [4.69, 9.17) is 6.42 Å². The van der Waals surface area contributed by atoms with Crippen LogP contribution in [0.1, 0.15) is 24.3 Å². The Morgan fingerprint density at radius 1 is 1.33 bits per heavy atom. The molecule has 1 aromatic rings. The van der Waals surface area contributed by atoms with Crippen LogP contribution in [0.2, 0.25) is 0 Å². The molecule has 1 heterocycles. The van der Waals surface area contributed by atoms with Crippen LogP contribution in [0.5, 0.6) is 0 Å². The topological polar surface area (TPSA) is 3.24 Å². The summed E-state index contributed by atoms with van der Waals surface area (Å²) in [4.78, 5) is 2.38. The van der Waals surface area contributed by atoms with Crippen LogP contribution in [-0.4, -0.2) is 24.5 Å². The summed E-state index contributed by atoms with van der Waals surface area (Å²) in [5.41, 5.74) is 1.46. The Labute approximate surface area is 92.1 Å². The number of nitrogens with zero attached hydrogens (tertiary/aromatic N) is 1. The van der Waals surface area contributed by atoms with Crippen LogP contribution in [-0.2, 0) is 0 Å². The zero-order valence-corrected chi connectivity index (χ0v) is 9.02. The molecule has 2 rings (SSSR count). The Morgan fingerprint density at radius 3 is 2.87 bits per heavy atom. The van der Waals surface area contributed by atoms with Gasteiger partial charge in [0.25, 0.3) is 0 Å². The van der Waals surface area contributed by atoms with Crippen molar-refractivity contribution < 1.29 is 0 Å². The molecule has 1 aliphatic heterocycles. The van der Waals surface area contributed by atoms with Crippen molar-refractivity contribution >= 4 is 0 Å². The summed E-state index contributed by atoms with van der Waals surface area (Å²) < 4.78 is 0. The first-order valence-corrected chi connectivity index (χ1v) is 5.61. The SMILES string of the molecule is C#CCN1CCC[C@H](c2ccccc2)C1. The van der Waals surface area contributed by atoms with Crippen LogP contribution in [0.4, 0.5) is 0 Å². The van der Waals surface area contributed by atoms with E-state index in [2.05, 4.69) is 41.2 Å². The maximum Gasteiger partial charge on any atom is 0.0599 e. The van der Waals surface area contributed by atoms with E-state index in [1.165, 1.54) is 18.4 Å². The highest BCUT2D eigenvalue weighted by atomic mass is 15.1. The molecule has 0 unspecified atom stereocenters. The van der Waals surface area contributed by atoms with Gasteiger partial charge in [-0.1, -0.05) is 36.3 Å². The number of piperidine rings is 1. The number of likely N-dealkylation sites (tertiary alicyclic amines) is 1. The highest BCUT2D eigenvalue weighted by Gasteiger charge is 2.19. The lowest BCUT2D eigenvalue weighted by atomic mass is 9.91. The predicted octanol–water partition coefficient (Wildman–Crippen LogP) is 2.50. The molecule has 1 heteroatoms. The maximum absolute atomic E-state index is 5.35. The van der Waals surface area contributed by atoms with Crippen molar-refractivity contribution in [3.63, 3.8) is 0 Å². The standard InChI is InChI=1S/C14H17N/c1-2-10-15-11-6-9-14(12-15)13-7-4-3-5-8-13/h1,3-5,7-8,14H,6,9-12H2/t14-/m0/s1. The second-order valence-electron chi connectivity index (χ2n) is 4.19. The number of rotatable bonds is 2. The van der Waals surface area contributed by atoms with Gasteiger partial charge in [0.05, 0.1) is 6.54 Å². The molecule has 0 aromatic heterocycles. The molecule has 0 saturated carbocycles. The second kappa shape index (κ2) is 5.00. The Morgan fingerprint density at radius 2 is 2.13 bits per heavy atom. The summed E-state index contributed by atoms with van der Waals surface area (Å²) >= 11 is 0. The molecule has 1 aliphatic rings. The van der Waals surface area contributed by atoms with E-state index >= 15 is 0 Å². The zero-order valence-electron chi connectivity index (χ0n) is 9.02. The van der Waals surface area contributed by atoms with Gasteiger partial charge in [0.15, 0.2) is 0 Å². The average molecular weight is 199 g/mol. The summed E-state index contributed by atoms with van der Waals surface area (Å²) in [5.74, 6) is 3.41. The largest absolute Gasteiger partial charge is 0.292 e. The molecule has 15 heavy (non-hydrogen) atoms. The van der Waals surface area contributed by atoms with Crippen LogP contribution < -0.4 is 0 Å². The molecule has 1 atom stereocenters. The van der Waals surface area contributed by atoms with Gasteiger partial charge >= 0.3 is 0 Å². The fourth-order valence-electron chi connectivity index (χ4n) is 2.33. The molecule has 1 fully saturated rings. The average Bonchev–Trinajstić information content (AvgIpc) is 2.31. The summed E-state index contributed by atoms with van der Waals surface area (Å²) in [6, 6.07) is 10.8. The third kappa shape index (κ3) is 2.61. The van der Waals surface area contributed by atoms with Crippen LogP contribution in [0, 0.1) is 12.3 Å². The second-order valence-corrected chi connectivity index (χ2v) is 4.19. The van der Waals surface area contributed by atoms with E-state index in [1.54, 1.807) is 0 Å². The fourth-order valence-corrected chi connectivity index (χ4v) is 2.33. The van der Waals surface area contributed by atoms with E-state index in [0.717, 1.165) is 19.6 Å². The van der Waals surface area contributed by atoms with Crippen molar-refractivity contribution in [2.45, 2.75) is 18.8 Å². The predicted molar refractivity (Wildman–Crippen MR) is 63.7 cm³/mol. The van der Waals surface area contributed by atoms with E-state index in [1.807, 2.05) is 0 Å². The summed E-state index contributed by atoms with van der Waals surface area (Å²) in [6.07, 6.45) is 7.91. The molecule has 1 nitrogen and oxygen atoms in total. The molecular formula is C14H17N. The highest BCUT2D eigenvalue weighted by Crippen LogP contribution is 2.26. The lowest BCUT2D eigenvalue weighted by Crippen LogP contribution is -2.34. The monoisotopic (exact) mass is 199 g/mol. The lowest BCUT2D eigenvalue weighted by Gasteiger charge is -2.31. The van der Waals surface area contributed by atoms with Gasteiger partial charge in [-0.2, -0.15) is 0 Å². The number of hydrogen-bond acceptors (Lipinski definition) is 1. The quantitative estimate of drug-likeness (QED) is 0.661. The van der Waals surface area contributed by atoms with Gasteiger partial charge in [0.1, 0.15) is 0 Å². The van der Waals surface area contributed by atoms with Crippen LogP contribution in [0.25, 0.3) is 0 Å². The van der Waals surface area contributed by atoms with Crippen LogP contribution >= 0.6 is 0 Å². The van der Waals surface area contributed by atoms with Crippen LogP contribution in [0.15, 0.2) is 30.3 Å². The Bertz CT molecular complexity index is 336. The molecule has 78 valence electrons. The van der Waals surface area contributed by atoms with Crippen molar-refractivity contribution in [2.75, 3.05) is 19.6 Å². The summed E-state index contributed by atoms with van der Waals surface area (Å²) in [6.45, 7) is 3.07. The van der Waals surface area contributed by atoms with Crippen molar-refractivity contribution in [1.29, 1.82) is 0 Å². The molecule has 0 N–H and O–H groups in total. The molecule has 0 amide bonds. The van der Waals surface area contributed by atoms with Gasteiger partial charge in [0, 0.05) is 6.54 Å². The van der Waals surface area contributed by atoms with Crippen molar-refractivity contribution in [2.24, 2.45) is 0 Å². The molecule has 0 aliphatic carbocycles. The van der Waals surface area contributed by atoms with Crippen molar-refractivity contribution in [1.82, 2.24) is 4.90 Å². The fraction of sp³-hybridized carbons (Fsp3) is 0.429. The smallest absolute Gasteiger partial charge is 0.0599 e. The van der Waals surface area contributed by atoms with E-state index in [0.29, 0.717) is 5.92 Å². The first kappa shape index (κ1) is 10.3. The summed E-state index contributed by atoms with van der Waals surface area (Å²) in [7, 11) is 0. The Kier molecular flexibility index (Phi) is 3.42. The highest BCUT2D eigenvalue weighted by molar-refractivity contribution is 5.20. The third-order valence-corrected chi connectivity index (χ3v) is 3.09. The minimum atomic E-state index is 0.674. The van der Waals surface area contributed by atoms with Gasteiger partial charge in [0.2, 0.25) is 0 Å². The number of hydrogen-bond donors (Lipinski definition) is 0. The lowest BCUT2D eigenvalue weighted by molar-refractivity contribution is 0.231. The van der Waals surface area contributed by atoms with Gasteiger partial charge < -0.3 is 0 Å². The van der Waals surface area contributed by atoms with Crippen molar-refractivity contribution in [3.8, 4) is 12.3 Å². The van der Waals surface area contributed by atoms with E-state index in [-0.39, 0.29) is 0 Å². The van der Waals surface area contributed by atoms with Crippen LogP contribution in [0.3, 0.4) is 0 Å².